The maximum absolute atomic E-state index is 7.92. The van der Waals surface area contributed by atoms with Crippen LogP contribution >= 0.6 is 0 Å². The van der Waals surface area contributed by atoms with Gasteiger partial charge in [0.1, 0.15) is 0 Å². The van der Waals surface area contributed by atoms with Gasteiger partial charge in [0.05, 0.1) is 18.7 Å². The van der Waals surface area contributed by atoms with Crippen LogP contribution in [0.4, 0.5) is 0 Å². The van der Waals surface area contributed by atoms with Gasteiger partial charge in [-0.25, -0.2) is 4.98 Å². The van der Waals surface area contributed by atoms with Crippen LogP contribution in [0.2, 0.25) is 0 Å². The Balaban J connectivity index is 2.33. The van der Waals surface area contributed by atoms with Crippen molar-refractivity contribution in [3.63, 3.8) is 0 Å². The molecule has 1 aromatic rings. The Morgan fingerprint density at radius 1 is 1.32 bits per heavy atom. The number of hydrogen-bond acceptors (Lipinski definition) is 4. The highest BCUT2D eigenvalue weighted by Gasteiger charge is 2.51. The highest BCUT2D eigenvalue weighted by molar-refractivity contribution is 6.62. The van der Waals surface area contributed by atoms with Crippen molar-refractivity contribution >= 4 is 12.6 Å². The van der Waals surface area contributed by atoms with Crippen LogP contribution < -0.4 is 10.2 Å². The SMILES string of the molecule is [2H]C([2H])([2H])C([2H])(Oc1cc(B2OC(C)(C)C(C)(C)O2)ccn1)C([2H])([2H])[2H]. The van der Waals surface area contributed by atoms with E-state index in [4.69, 9.17) is 23.6 Å². The zero-order valence-corrected chi connectivity index (χ0v) is 11.5. The summed E-state index contributed by atoms with van der Waals surface area (Å²) in [5, 5.41) is 0. The van der Waals surface area contributed by atoms with Crippen LogP contribution in [0, 0.1) is 0 Å². The van der Waals surface area contributed by atoms with Crippen molar-refractivity contribution < 1.29 is 23.6 Å². The van der Waals surface area contributed by atoms with Gasteiger partial charge in [-0.1, -0.05) is 0 Å². The summed E-state index contributed by atoms with van der Waals surface area (Å²) in [4.78, 5) is 3.84. The third kappa shape index (κ3) is 2.93. The Bertz CT molecular complexity index is 645. The quantitative estimate of drug-likeness (QED) is 0.789. The predicted octanol–water partition coefficient (Wildman–Crippen LogP) is 2.17. The maximum Gasteiger partial charge on any atom is 0.495 e. The molecule has 0 amide bonds. The fourth-order valence-electron chi connectivity index (χ4n) is 1.71. The molecule has 4 nitrogen and oxygen atoms in total. The van der Waals surface area contributed by atoms with Gasteiger partial charge < -0.3 is 14.0 Å². The van der Waals surface area contributed by atoms with Gasteiger partial charge in [0, 0.05) is 20.5 Å². The van der Waals surface area contributed by atoms with Crippen LogP contribution in [0.1, 0.15) is 51.0 Å². The molecule has 104 valence electrons. The molecule has 0 aliphatic carbocycles. The Morgan fingerprint density at radius 3 is 2.53 bits per heavy atom. The summed E-state index contributed by atoms with van der Waals surface area (Å²) < 4.78 is 69.2. The summed E-state index contributed by atoms with van der Waals surface area (Å²) in [6, 6.07) is 2.91. The van der Waals surface area contributed by atoms with Gasteiger partial charge in [0.15, 0.2) is 0 Å². The molecule has 0 aromatic carbocycles. The monoisotopic (exact) mass is 270 g/mol. The summed E-state index contributed by atoms with van der Waals surface area (Å²) in [6.45, 7) is 1.10. The van der Waals surface area contributed by atoms with E-state index in [2.05, 4.69) is 4.98 Å². The van der Waals surface area contributed by atoms with Crippen molar-refractivity contribution in [3.05, 3.63) is 18.3 Å². The van der Waals surface area contributed by atoms with Gasteiger partial charge in [-0.3, -0.25) is 0 Å². The minimum Gasteiger partial charge on any atom is -0.475 e. The van der Waals surface area contributed by atoms with E-state index in [0.29, 0.717) is 5.46 Å². The maximum atomic E-state index is 7.92. The van der Waals surface area contributed by atoms with Gasteiger partial charge in [-0.05, 0) is 52.9 Å². The first-order valence-electron chi connectivity index (χ1n) is 9.51. The van der Waals surface area contributed by atoms with Gasteiger partial charge in [-0.2, -0.15) is 0 Å². The van der Waals surface area contributed by atoms with E-state index in [0.717, 1.165) is 0 Å². The van der Waals surface area contributed by atoms with E-state index in [1.807, 2.05) is 27.7 Å². The fraction of sp³-hybridized carbons (Fsp3) is 0.643. The van der Waals surface area contributed by atoms with Crippen LogP contribution in [0.15, 0.2) is 18.3 Å². The van der Waals surface area contributed by atoms with Crippen LogP contribution in [-0.2, 0) is 9.31 Å². The van der Waals surface area contributed by atoms with E-state index in [9.17, 15) is 0 Å². The highest BCUT2D eigenvalue weighted by atomic mass is 16.7. The van der Waals surface area contributed by atoms with Gasteiger partial charge >= 0.3 is 7.12 Å². The number of hydrogen-bond donors (Lipinski definition) is 0. The zero-order valence-electron chi connectivity index (χ0n) is 18.5. The average Bonchev–Trinajstić information content (AvgIpc) is 2.65. The normalized spacial score (nSPS) is 28.2. The topological polar surface area (TPSA) is 40.6 Å². The molecule has 5 heteroatoms. The van der Waals surface area contributed by atoms with Crippen LogP contribution in [-0.4, -0.2) is 29.4 Å². The Kier molecular flexibility index (Phi) is 1.93. The summed E-state index contributed by atoms with van der Waals surface area (Å²) in [7, 11) is -0.758. The van der Waals surface area contributed by atoms with Crippen molar-refractivity contribution in [3.8, 4) is 5.88 Å². The van der Waals surface area contributed by atoms with Gasteiger partial charge in [0.25, 0.3) is 0 Å². The lowest BCUT2D eigenvalue weighted by Crippen LogP contribution is -2.41. The largest absolute Gasteiger partial charge is 0.495 e. The lowest BCUT2D eigenvalue weighted by molar-refractivity contribution is 0.00578. The zero-order chi connectivity index (χ0) is 20.2. The third-order valence-electron chi connectivity index (χ3n) is 3.49. The summed E-state index contributed by atoms with van der Waals surface area (Å²) in [6.07, 6.45) is -1.84. The number of aromatic nitrogens is 1. The lowest BCUT2D eigenvalue weighted by Gasteiger charge is -2.32. The first-order valence-corrected chi connectivity index (χ1v) is 6.01. The molecular formula is C14H22BNO3. The molecule has 0 spiro atoms. The second kappa shape index (κ2) is 4.80. The van der Waals surface area contributed by atoms with E-state index in [1.54, 1.807) is 6.07 Å². The molecule has 1 aliphatic heterocycles. The van der Waals surface area contributed by atoms with Gasteiger partial charge in [-0.15, -0.1) is 0 Å². The molecule has 0 N–H and O–H groups in total. The Morgan fingerprint density at radius 2 is 1.95 bits per heavy atom. The minimum atomic E-state index is -3.21. The van der Waals surface area contributed by atoms with Gasteiger partial charge in [0.2, 0.25) is 5.88 Å². The first-order chi connectivity index (χ1) is 11.5. The summed E-state index contributed by atoms with van der Waals surface area (Å²) in [5.41, 5.74) is -0.691. The lowest BCUT2D eigenvalue weighted by atomic mass is 9.80. The molecule has 0 saturated carbocycles. The summed E-state index contributed by atoms with van der Waals surface area (Å²) >= 11 is 0. The second-order valence-electron chi connectivity index (χ2n) is 5.45. The molecule has 1 fully saturated rings. The molecule has 2 rings (SSSR count). The molecule has 2 heterocycles. The molecule has 1 aliphatic rings. The number of ether oxygens (including phenoxy) is 1. The fourth-order valence-corrected chi connectivity index (χ4v) is 1.71. The third-order valence-corrected chi connectivity index (χ3v) is 3.49. The molecule has 0 unspecified atom stereocenters. The van der Waals surface area contributed by atoms with E-state index in [-0.39, 0.29) is 5.88 Å². The Labute approximate surface area is 125 Å². The predicted molar refractivity (Wildman–Crippen MR) is 75.7 cm³/mol. The molecule has 19 heavy (non-hydrogen) atoms. The van der Waals surface area contributed by atoms with Crippen molar-refractivity contribution in [2.24, 2.45) is 0 Å². The van der Waals surface area contributed by atoms with Crippen LogP contribution in [0.25, 0.3) is 0 Å². The molecule has 1 saturated heterocycles. The number of nitrogens with zero attached hydrogens (tertiary/aromatic N) is 1. The van der Waals surface area contributed by atoms with Crippen molar-refractivity contribution in [1.82, 2.24) is 4.98 Å². The smallest absolute Gasteiger partial charge is 0.475 e. The molecule has 0 atom stereocenters. The van der Waals surface area contributed by atoms with E-state index >= 15 is 0 Å². The molecular weight excluding hydrogens is 241 g/mol. The summed E-state index contributed by atoms with van der Waals surface area (Å²) in [5.74, 6) is -0.306. The molecule has 0 bridgehead atoms. The second-order valence-corrected chi connectivity index (χ2v) is 5.45. The van der Waals surface area contributed by atoms with Crippen LogP contribution in [0.3, 0.4) is 0 Å². The molecule has 0 radical (unpaired) electrons. The van der Waals surface area contributed by atoms with Crippen LogP contribution in [0.5, 0.6) is 5.88 Å². The highest BCUT2D eigenvalue weighted by Crippen LogP contribution is 2.36. The van der Waals surface area contributed by atoms with Crippen molar-refractivity contribution in [2.45, 2.75) is 58.7 Å². The number of rotatable bonds is 3. The standard InChI is InChI=1S/C14H22BNO3/c1-10(2)17-12-9-11(7-8-16-12)15-18-13(3,4)14(5,6)19-15/h7-10H,1-6H3/i1D3,2D3,10D. The van der Waals surface area contributed by atoms with Crippen molar-refractivity contribution in [1.29, 1.82) is 0 Å². The Hall–Kier alpha value is -1.07. The van der Waals surface area contributed by atoms with Crippen molar-refractivity contribution in [2.75, 3.05) is 0 Å². The first kappa shape index (κ1) is 7.65. The minimum absolute atomic E-state index is 0.306. The van der Waals surface area contributed by atoms with E-state index < -0.39 is 38.1 Å². The average molecular weight is 270 g/mol. The van der Waals surface area contributed by atoms with E-state index in [1.165, 1.54) is 12.3 Å². The number of pyridine rings is 1. The molecule has 1 aromatic heterocycles.